The minimum atomic E-state index is -0.374. The van der Waals surface area contributed by atoms with E-state index in [1.807, 2.05) is 13.8 Å². The highest BCUT2D eigenvalue weighted by atomic mass is 79.9. The smallest absolute Gasteiger partial charge is 0.348 e. The van der Waals surface area contributed by atoms with Crippen LogP contribution in [0, 0.1) is 0 Å². The van der Waals surface area contributed by atoms with Crippen molar-refractivity contribution in [3.63, 3.8) is 0 Å². The normalized spacial score (nSPS) is 29.7. The molecule has 0 aromatic carbocycles. The van der Waals surface area contributed by atoms with Gasteiger partial charge in [-0.1, -0.05) is 31.9 Å². The summed E-state index contributed by atoms with van der Waals surface area (Å²) in [6.45, 7) is 8.20. The minimum absolute atomic E-state index is 0.0938. The largest absolute Gasteiger partial charge is 0.492 e. The molecule has 0 bridgehead atoms. The molecule has 2 rings (SSSR count). The van der Waals surface area contributed by atoms with Crippen LogP contribution in [0.15, 0.2) is 20.5 Å². The summed E-state index contributed by atoms with van der Waals surface area (Å²) in [5, 5.41) is 0. The molecular formula is C18H24Br4O6. The fourth-order valence-corrected chi connectivity index (χ4v) is 5.75. The number of rotatable bonds is 4. The molecule has 2 aliphatic rings. The third-order valence-electron chi connectivity index (χ3n) is 3.64. The Bertz CT molecular complexity index is 580. The van der Waals surface area contributed by atoms with E-state index in [2.05, 4.69) is 63.7 Å². The number of carbonyl (C=O) groups is 2. The predicted octanol–water partition coefficient (Wildman–Crippen LogP) is 5.46. The van der Waals surface area contributed by atoms with Gasteiger partial charge in [-0.15, -0.1) is 0 Å². The molecule has 2 fully saturated rings. The topological polar surface area (TPSA) is 71.1 Å². The van der Waals surface area contributed by atoms with E-state index in [4.69, 9.17) is 18.9 Å². The van der Waals surface area contributed by atoms with Crippen LogP contribution in [0.2, 0.25) is 0 Å². The maximum absolute atomic E-state index is 11.4. The maximum atomic E-state index is 11.4. The van der Waals surface area contributed by atoms with Gasteiger partial charge in [0.05, 0.1) is 35.1 Å². The van der Waals surface area contributed by atoms with Crippen LogP contribution in [-0.4, -0.2) is 47.0 Å². The van der Waals surface area contributed by atoms with Crippen LogP contribution in [0.3, 0.4) is 0 Å². The molecule has 0 N–H and O–H groups in total. The molecule has 160 valence electrons. The Morgan fingerprint density at radius 1 is 0.857 bits per heavy atom. The van der Waals surface area contributed by atoms with Crippen LogP contribution < -0.4 is 0 Å². The van der Waals surface area contributed by atoms with Gasteiger partial charge < -0.3 is 18.9 Å². The van der Waals surface area contributed by atoms with Gasteiger partial charge in [0.15, 0.2) is 0 Å². The highest BCUT2D eigenvalue weighted by Gasteiger charge is 2.31. The zero-order chi connectivity index (χ0) is 21.4. The van der Waals surface area contributed by atoms with Crippen LogP contribution in [-0.2, 0) is 28.5 Å². The van der Waals surface area contributed by atoms with E-state index < -0.39 is 0 Å². The summed E-state index contributed by atoms with van der Waals surface area (Å²) in [6, 6.07) is 0. The van der Waals surface area contributed by atoms with E-state index in [1.54, 1.807) is 13.8 Å². The van der Waals surface area contributed by atoms with Gasteiger partial charge in [-0.25, -0.2) is 9.59 Å². The third-order valence-corrected chi connectivity index (χ3v) is 6.65. The first-order chi connectivity index (χ1) is 13.1. The summed E-state index contributed by atoms with van der Waals surface area (Å²) in [4.78, 5) is 22.9. The average Bonchev–Trinajstić information content (AvgIpc) is 3.14. The first kappa shape index (κ1) is 26.0. The summed E-state index contributed by atoms with van der Waals surface area (Å²) in [5.41, 5.74) is 0. The Hall–Kier alpha value is -0.0600. The number of alkyl halides is 2. The van der Waals surface area contributed by atoms with Crippen molar-refractivity contribution >= 4 is 75.7 Å². The van der Waals surface area contributed by atoms with Crippen LogP contribution in [0.4, 0.5) is 0 Å². The van der Waals surface area contributed by atoms with Gasteiger partial charge in [0.2, 0.25) is 0 Å². The molecule has 0 saturated carbocycles. The lowest BCUT2D eigenvalue weighted by atomic mass is 10.2. The average molecular weight is 656 g/mol. The Balaban J connectivity index is 0.000000280. The van der Waals surface area contributed by atoms with Gasteiger partial charge in [-0.2, -0.15) is 0 Å². The van der Waals surface area contributed by atoms with Crippen molar-refractivity contribution in [3.8, 4) is 0 Å². The summed E-state index contributed by atoms with van der Waals surface area (Å²) < 4.78 is 21.4. The molecular weight excluding hydrogens is 632 g/mol. The second kappa shape index (κ2) is 12.6. The van der Waals surface area contributed by atoms with Crippen molar-refractivity contribution in [2.75, 3.05) is 13.2 Å². The van der Waals surface area contributed by atoms with E-state index in [0.717, 1.165) is 12.8 Å². The van der Waals surface area contributed by atoms with Crippen molar-refractivity contribution in [1.82, 2.24) is 0 Å². The molecule has 0 aromatic heterocycles. The first-order valence-corrected chi connectivity index (χ1v) is 12.3. The fraction of sp³-hybridized carbons (Fsp3) is 0.667. The van der Waals surface area contributed by atoms with Gasteiger partial charge in [-0.05, 0) is 59.6 Å². The lowest BCUT2D eigenvalue weighted by molar-refractivity contribution is -0.138. The highest BCUT2D eigenvalue weighted by molar-refractivity contribution is 9.12. The Labute approximate surface area is 199 Å². The van der Waals surface area contributed by atoms with Crippen molar-refractivity contribution in [3.05, 3.63) is 20.5 Å². The van der Waals surface area contributed by atoms with E-state index in [-0.39, 0.29) is 33.8 Å². The van der Waals surface area contributed by atoms with E-state index >= 15 is 0 Å². The van der Waals surface area contributed by atoms with Gasteiger partial charge in [0.25, 0.3) is 0 Å². The Morgan fingerprint density at radius 3 is 1.39 bits per heavy atom. The van der Waals surface area contributed by atoms with Gasteiger partial charge in [-0.3, -0.25) is 0 Å². The molecule has 0 amide bonds. The fourth-order valence-electron chi connectivity index (χ4n) is 2.44. The second-order valence-electron chi connectivity index (χ2n) is 6.06. The Kier molecular flexibility index (Phi) is 11.7. The molecule has 2 saturated heterocycles. The molecule has 2 aliphatic heterocycles. The van der Waals surface area contributed by atoms with E-state index in [1.165, 1.54) is 0 Å². The third kappa shape index (κ3) is 7.65. The highest BCUT2D eigenvalue weighted by Crippen LogP contribution is 2.35. The lowest BCUT2D eigenvalue weighted by Crippen LogP contribution is -2.08. The van der Waals surface area contributed by atoms with Crippen molar-refractivity contribution in [1.29, 1.82) is 0 Å². The first-order valence-electron chi connectivity index (χ1n) is 8.87. The lowest BCUT2D eigenvalue weighted by Gasteiger charge is -2.07. The molecule has 0 spiro atoms. The van der Waals surface area contributed by atoms with Crippen LogP contribution in [0.1, 0.15) is 40.5 Å². The number of esters is 2. The number of hydrogen-bond donors (Lipinski definition) is 0. The SMILES string of the molecule is CCOC(=O)/C(Br)=C1/O[C@@H](C)C[C@@H]1Br.CCOC(=O)/C(Br)=C1/O[C@@H](C)C[C@@H]1Br. The number of halogens is 4. The van der Waals surface area contributed by atoms with E-state index in [9.17, 15) is 9.59 Å². The Morgan fingerprint density at radius 2 is 1.18 bits per heavy atom. The van der Waals surface area contributed by atoms with Gasteiger partial charge in [0, 0.05) is 12.8 Å². The minimum Gasteiger partial charge on any atom is -0.492 e. The molecule has 28 heavy (non-hydrogen) atoms. The molecule has 4 atom stereocenters. The molecule has 0 radical (unpaired) electrons. The maximum Gasteiger partial charge on any atom is 0.348 e. The summed E-state index contributed by atoms with van der Waals surface area (Å²) >= 11 is 13.3. The standard InChI is InChI=1S/2C9H12Br2O3/c2*1-3-13-9(12)7(11)8-6(10)4-5(2)14-8/h2*5-6H,3-4H2,1-2H3/b2*8-7-/t2*5-,6-/m00/s1. The molecule has 6 nitrogen and oxygen atoms in total. The molecule has 0 aliphatic carbocycles. The quantitative estimate of drug-likeness (QED) is 0.228. The monoisotopic (exact) mass is 652 g/mol. The van der Waals surface area contributed by atoms with Crippen molar-refractivity contribution < 1.29 is 28.5 Å². The zero-order valence-electron chi connectivity index (χ0n) is 16.1. The van der Waals surface area contributed by atoms with Crippen LogP contribution in [0.5, 0.6) is 0 Å². The number of hydrogen-bond acceptors (Lipinski definition) is 6. The molecule has 10 heteroatoms. The number of allylic oxidation sites excluding steroid dienone is 2. The summed E-state index contributed by atoms with van der Waals surface area (Å²) in [7, 11) is 0. The second-order valence-corrected chi connectivity index (χ2v) is 9.86. The predicted molar refractivity (Wildman–Crippen MR) is 121 cm³/mol. The van der Waals surface area contributed by atoms with Crippen LogP contribution >= 0.6 is 63.7 Å². The summed E-state index contributed by atoms with van der Waals surface area (Å²) in [5.74, 6) is 0.522. The van der Waals surface area contributed by atoms with Crippen molar-refractivity contribution in [2.45, 2.75) is 62.4 Å². The van der Waals surface area contributed by atoms with E-state index in [0.29, 0.717) is 33.7 Å². The summed E-state index contributed by atoms with van der Waals surface area (Å²) in [6.07, 6.45) is 2.00. The number of carbonyl (C=O) groups excluding carboxylic acids is 2. The molecule has 2 heterocycles. The molecule has 0 aromatic rings. The van der Waals surface area contributed by atoms with Gasteiger partial charge in [0.1, 0.15) is 20.5 Å². The van der Waals surface area contributed by atoms with Gasteiger partial charge >= 0.3 is 11.9 Å². The number of ether oxygens (including phenoxy) is 4. The zero-order valence-corrected chi connectivity index (χ0v) is 22.4. The van der Waals surface area contributed by atoms with Crippen molar-refractivity contribution in [2.24, 2.45) is 0 Å². The van der Waals surface area contributed by atoms with Crippen LogP contribution in [0.25, 0.3) is 0 Å². The molecule has 0 unspecified atom stereocenters.